The van der Waals surface area contributed by atoms with Crippen LogP contribution in [0.15, 0.2) is 0 Å². The maximum absolute atomic E-state index is 12.2. The number of ether oxygens (including phenoxy) is 1. The summed E-state index contributed by atoms with van der Waals surface area (Å²) < 4.78 is 41.9. The highest BCUT2D eigenvalue weighted by Gasteiger charge is 2.66. The van der Waals surface area contributed by atoms with Crippen LogP contribution >= 0.6 is 0 Å². The zero-order valence-electron chi connectivity index (χ0n) is 10.4. The standard InChI is InChI=1S/C12H17F3N2O2/c13-12(14,15)7-1-8(2-7)19-3-9(18)17-11-4-10(16,5-11)6-11/h7-8H,1-6,16H2,(H,17,18). The molecule has 108 valence electrons. The summed E-state index contributed by atoms with van der Waals surface area (Å²) in [7, 11) is 0. The van der Waals surface area contributed by atoms with E-state index in [4.69, 9.17) is 10.5 Å². The normalized spacial score (nSPS) is 43.8. The lowest BCUT2D eigenvalue weighted by Gasteiger charge is -2.68. The molecule has 4 nitrogen and oxygen atoms in total. The topological polar surface area (TPSA) is 64.3 Å². The van der Waals surface area contributed by atoms with E-state index < -0.39 is 18.2 Å². The SMILES string of the molecule is NC12CC(NC(=O)COC3CC(C(F)(F)F)C3)(C1)C2. The van der Waals surface area contributed by atoms with E-state index in [1.165, 1.54) is 0 Å². The van der Waals surface area contributed by atoms with Crippen LogP contribution in [0.4, 0.5) is 13.2 Å². The first-order valence-corrected chi connectivity index (χ1v) is 6.48. The van der Waals surface area contributed by atoms with Gasteiger partial charge in [0.15, 0.2) is 0 Å². The number of nitrogens with two attached hydrogens (primary N) is 1. The van der Waals surface area contributed by atoms with Crippen molar-refractivity contribution >= 4 is 5.91 Å². The Bertz CT molecular complexity index is 384. The molecule has 4 saturated carbocycles. The van der Waals surface area contributed by atoms with Crippen LogP contribution in [0.1, 0.15) is 32.1 Å². The van der Waals surface area contributed by atoms with Crippen LogP contribution in [-0.4, -0.2) is 35.9 Å². The van der Waals surface area contributed by atoms with Crippen molar-refractivity contribution in [2.75, 3.05) is 6.61 Å². The first kappa shape index (κ1) is 13.2. The summed E-state index contributed by atoms with van der Waals surface area (Å²) in [6.45, 7) is -0.158. The van der Waals surface area contributed by atoms with Gasteiger partial charge in [0.2, 0.25) is 5.91 Å². The highest BCUT2D eigenvalue weighted by Crippen LogP contribution is 2.58. The van der Waals surface area contributed by atoms with Crippen molar-refractivity contribution in [1.82, 2.24) is 5.32 Å². The van der Waals surface area contributed by atoms with Crippen LogP contribution < -0.4 is 11.1 Å². The lowest BCUT2D eigenvalue weighted by atomic mass is 9.44. The molecule has 4 fully saturated rings. The summed E-state index contributed by atoms with van der Waals surface area (Å²) >= 11 is 0. The van der Waals surface area contributed by atoms with Gasteiger partial charge in [0, 0.05) is 11.1 Å². The third-order valence-corrected chi connectivity index (χ3v) is 4.48. The number of nitrogens with one attached hydrogen (secondary N) is 1. The Morgan fingerprint density at radius 2 is 1.89 bits per heavy atom. The molecule has 0 aromatic carbocycles. The molecule has 0 aromatic heterocycles. The predicted octanol–water partition coefficient (Wildman–Crippen LogP) is 1.09. The minimum atomic E-state index is -4.14. The minimum Gasteiger partial charge on any atom is -0.368 e. The summed E-state index contributed by atoms with van der Waals surface area (Å²) in [6, 6.07) is 0. The number of halogens is 3. The van der Waals surface area contributed by atoms with Gasteiger partial charge in [0.05, 0.1) is 12.0 Å². The Morgan fingerprint density at radius 1 is 1.32 bits per heavy atom. The van der Waals surface area contributed by atoms with Crippen LogP contribution in [-0.2, 0) is 9.53 Å². The highest BCUT2D eigenvalue weighted by atomic mass is 19.4. The van der Waals surface area contributed by atoms with Gasteiger partial charge in [0.25, 0.3) is 0 Å². The molecule has 0 aromatic rings. The monoisotopic (exact) mass is 278 g/mol. The molecule has 1 amide bonds. The molecule has 0 atom stereocenters. The largest absolute Gasteiger partial charge is 0.392 e. The Hall–Kier alpha value is -0.820. The van der Waals surface area contributed by atoms with Gasteiger partial charge in [-0.1, -0.05) is 0 Å². The molecule has 4 aliphatic carbocycles. The zero-order valence-corrected chi connectivity index (χ0v) is 10.4. The van der Waals surface area contributed by atoms with Crippen LogP contribution in [0.5, 0.6) is 0 Å². The van der Waals surface area contributed by atoms with Crippen LogP contribution in [0.3, 0.4) is 0 Å². The average molecular weight is 278 g/mol. The molecule has 4 rings (SSSR count). The summed E-state index contributed by atoms with van der Waals surface area (Å²) in [5.41, 5.74) is 5.64. The van der Waals surface area contributed by atoms with Gasteiger partial charge in [-0.05, 0) is 32.1 Å². The fourth-order valence-electron chi connectivity index (χ4n) is 3.49. The van der Waals surface area contributed by atoms with Gasteiger partial charge in [0.1, 0.15) is 6.61 Å². The molecule has 7 heteroatoms. The van der Waals surface area contributed by atoms with Crippen molar-refractivity contribution < 1.29 is 22.7 Å². The molecule has 0 heterocycles. The second kappa shape index (κ2) is 3.85. The zero-order chi connectivity index (χ0) is 13.9. The van der Waals surface area contributed by atoms with E-state index in [0.29, 0.717) is 0 Å². The maximum Gasteiger partial charge on any atom is 0.392 e. The Balaban J connectivity index is 1.32. The molecule has 0 aliphatic heterocycles. The van der Waals surface area contributed by atoms with Crippen molar-refractivity contribution in [2.24, 2.45) is 11.7 Å². The number of carbonyl (C=O) groups excluding carboxylic acids is 1. The number of amides is 1. The van der Waals surface area contributed by atoms with E-state index in [0.717, 1.165) is 19.3 Å². The van der Waals surface area contributed by atoms with Gasteiger partial charge in [-0.3, -0.25) is 4.79 Å². The Labute approximate surface area is 108 Å². The molecule has 0 radical (unpaired) electrons. The quantitative estimate of drug-likeness (QED) is 0.809. The molecular weight excluding hydrogens is 261 g/mol. The number of rotatable bonds is 4. The second-order valence-electron chi connectivity index (χ2n) is 6.36. The third kappa shape index (κ3) is 2.33. The van der Waals surface area contributed by atoms with E-state index in [1.54, 1.807) is 0 Å². The smallest absolute Gasteiger partial charge is 0.368 e. The first-order valence-electron chi connectivity index (χ1n) is 6.48. The molecule has 4 aliphatic rings. The van der Waals surface area contributed by atoms with Crippen molar-refractivity contribution in [2.45, 2.75) is 55.5 Å². The molecule has 0 unspecified atom stereocenters. The molecular formula is C12H17F3N2O2. The molecule has 2 bridgehead atoms. The minimum absolute atomic E-state index is 0.0339. The molecule has 19 heavy (non-hydrogen) atoms. The van der Waals surface area contributed by atoms with Gasteiger partial charge in [-0.25, -0.2) is 0 Å². The number of alkyl halides is 3. The van der Waals surface area contributed by atoms with Crippen molar-refractivity contribution in [3.05, 3.63) is 0 Å². The number of carbonyl (C=O) groups is 1. The van der Waals surface area contributed by atoms with E-state index in [-0.39, 0.29) is 36.4 Å². The van der Waals surface area contributed by atoms with Gasteiger partial charge < -0.3 is 15.8 Å². The number of hydrogen-bond donors (Lipinski definition) is 2. The maximum atomic E-state index is 12.2. The summed E-state index contributed by atoms with van der Waals surface area (Å²) in [5, 5.41) is 2.86. The fraction of sp³-hybridized carbons (Fsp3) is 0.917. The van der Waals surface area contributed by atoms with Crippen LogP contribution in [0.25, 0.3) is 0 Å². The lowest BCUT2D eigenvalue weighted by molar-refractivity contribution is -0.219. The van der Waals surface area contributed by atoms with Gasteiger partial charge in [-0.2, -0.15) is 13.2 Å². The van der Waals surface area contributed by atoms with Crippen molar-refractivity contribution in [3.8, 4) is 0 Å². The highest BCUT2D eigenvalue weighted by molar-refractivity contribution is 5.79. The van der Waals surface area contributed by atoms with Gasteiger partial charge in [-0.15, -0.1) is 0 Å². The lowest BCUT2D eigenvalue weighted by Crippen LogP contribution is -2.82. The Kier molecular flexibility index (Phi) is 2.67. The van der Waals surface area contributed by atoms with Crippen molar-refractivity contribution in [3.63, 3.8) is 0 Å². The number of hydrogen-bond acceptors (Lipinski definition) is 3. The van der Waals surface area contributed by atoms with E-state index in [9.17, 15) is 18.0 Å². The third-order valence-electron chi connectivity index (χ3n) is 4.48. The van der Waals surface area contributed by atoms with E-state index in [1.807, 2.05) is 0 Å². The molecule has 0 spiro atoms. The molecule has 0 saturated heterocycles. The fourth-order valence-corrected chi connectivity index (χ4v) is 3.49. The molecule has 3 N–H and O–H groups in total. The summed E-state index contributed by atoms with van der Waals surface area (Å²) in [5.74, 6) is -1.52. The summed E-state index contributed by atoms with van der Waals surface area (Å²) in [4.78, 5) is 11.6. The average Bonchev–Trinajstić information content (AvgIpc) is 2.08. The second-order valence-corrected chi connectivity index (χ2v) is 6.36. The van der Waals surface area contributed by atoms with E-state index >= 15 is 0 Å². The van der Waals surface area contributed by atoms with E-state index in [2.05, 4.69) is 5.32 Å². The van der Waals surface area contributed by atoms with Crippen LogP contribution in [0.2, 0.25) is 0 Å². The predicted molar refractivity (Wildman–Crippen MR) is 60.2 cm³/mol. The summed E-state index contributed by atoms with van der Waals surface area (Å²) in [6.07, 6.45) is -2.25. The van der Waals surface area contributed by atoms with Crippen LogP contribution in [0, 0.1) is 5.92 Å². The van der Waals surface area contributed by atoms with Gasteiger partial charge >= 0.3 is 6.18 Å². The van der Waals surface area contributed by atoms with Crippen molar-refractivity contribution in [1.29, 1.82) is 0 Å². The first-order chi connectivity index (χ1) is 8.70. The Morgan fingerprint density at radius 3 is 2.37 bits per heavy atom.